The second-order valence-corrected chi connectivity index (χ2v) is 7.70. The molecule has 0 aromatic heterocycles. The van der Waals surface area contributed by atoms with E-state index in [9.17, 15) is 14.7 Å². The van der Waals surface area contributed by atoms with Crippen molar-refractivity contribution in [2.24, 2.45) is 5.92 Å². The Morgan fingerprint density at radius 1 is 1.13 bits per heavy atom. The minimum Gasteiger partial charge on any atom is -0.439 e. The van der Waals surface area contributed by atoms with Crippen molar-refractivity contribution in [2.75, 3.05) is 6.61 Å². The lowest BCUT2D eigenvalue weighted by Gasteiger charge is -2.25. The van der Waals surface area contributed by atoms with Crippen molar-refractivity contribution >= 4 is 12.0 Å². The average molecular weight is 411 g/mol. The zero-order valence-electron chi connectivity index (χ0n) is 17.4. The Labute approximate surface area is 177 Å². The molecule has 2 amide bonds. The molecule has 0 radical (unpaired) electrons. The molecule has 3 rings (SSSR count). The highest BCUT2D eigenvalue weighted by Crippen LogP contribution is 2.33. The summed E-state index contributed by atoms with van der Waals surface area (Å²) in [5, 5.41) is 10.5. The highest BCUT2D eigenvalue weighted by atomic mass is 16.6. The van der Waals surface area contributed by atoms with Gasteiger partial charge in [0.15, 0.2) is 0 Å². The number of benzene rings is 2. The molecular weight excluding hydrogens is 382 g/mol. The first-order valence-corrected chi connectivity index (χ1v) is 10.4. The van der Waals surface area contributed by atoms with E-state index in [1.807, 2.05) is 60.7 Å². The largest absolute Gasteiger partial charge is 0.439 e. The lowest BCUT2D eigenvalue weighted by molar-refractivity contribution is -0.136. The summed E-state index contributed by atoms with van der Waals surface area (Å²) in [6, 6.07) is 18.8. The van der Waals surface area contributed by atoms with Gasteiger partial charge in [-0.15, -0.1) is 0 Å². The van der Waals surface area contributed by atoms with Crippen molar-refractivity contribution in [3.63, 3.8) is 0 Å². The fourth-order valence-electron chi connectivity index (χ4n) is 3.64. The summed E-state index contributed by atoms with van der Waals surface area (Å²) in [5.74, 6) is -1.12. The second kappa shape index (κ2) is 10.4. The number of aliphatic hydroxyl groups is 1. The van der Waals surface area contributed by atoms with Crippen LogP contribution in [0, 0.1) is 5.92 Å². The van der Waals surface area contributed by atoms with Crippen LogP contribution in [0.25, 0.3) is 0 Å². The van der Waals surface area contributed by atoms with Gasteiger partial charge in [0.25, 0.3) is 0 Å². The monoisotopic (exact) mass is 411 g/mol. The van der Waals surface area contributed by atoms with Crippen LogP contribution in [0.4, 0.5) is 4.79 Å². The third-order valence-corrected chi connectivity index (χ3v) is 5.50. The minimum atomic E-state index is -0.853. The molecule has 1 aliphatic heterocycles. The molecule has 1 heterocycles. The Hall–Kier alpha value is -2.70. The Morgan fingerprint density at radius 2 is 1.77 bits per heavy atom. The quantitative estimate of drug-likeness (QED) is 0.629. The minimum absolute atomic E-state index is 0.413. The topological polar surface area (TPSA) is 76.1 Å². The van der Waals surface area contributed by atoms with E-state index in [1.165, 1.54) is 0 Å². The van der Waals surface area contributed by atoms with Gasteiger partial charge < -0.3 is 14.6 Å². The number of amides is 2. The molecule has 6 nitrogen and oxygen atoms in total. The second-order valence-electron chi connectivity index (χ2n) is 7.70. The molecule has 2 aromatic rings. The van der Waals surface area contributed by atoms with Crippen LogP contribution in [0.2, 0.25) is 0 Å². The predicted octanol–water partition coefficient (Wildman–Crippen LogP) is 4.09. The molecular formula is C24H29NO5. The smallest absolute Gasteiger partial charge is 0.417 e. The lowest BCUT2D eigenvalue weighted by Crippen LogP contribution is -2.44. The van der Waals surface area contributed by atoms with Crippen LogP contribution in [0.5, 0.6) is 0 Å². The van der Waals surface area contributed by atoms with Crippen molar-refractivity contribution in [2.45, 2.75) is 51.5 Å². The number of rotatable bonds is 9. The summed E-state index contributed by atoms with van der Waals surface area (Å²) in [7, 11) is 0. The zero-order valence-corrected chi connectivity index (χ0v) is 17.4. The first-order valence-electron chi connectivity index (χ1n) is 10.4. The van der Waals surface area contributed by atoms with Crippen LogP contribution < -0.4 is 0 Å². The number of imide groups is 1. The highest BCUT2D eigenvalue weighted by Gasteiger charge is 2.45. The summed E-state index contributed by atoms with van der Waals surface area (Å²) >= 11 is 0. The maximum Gasteiger partial charge on any atom is 0.417 e. The molecule has 6 heteroatoms. The average Bonchev–Trinajstić information content (AvgIpc) is 3.07. The molecule has 30 heavy (non-hydrogen) atoms. The SMILES string of the molecule is C[C@@H]1[C@H](c2ccccc2)OC(=O)N1C(=O)[C@H](C)[C@@H](O)CCCOCc1ccccc1. The van der Waals surface area contributed by atoms with Crippen molar-refractivity contribution in [1.82, 2.24) is 4.90 Å². The standard InChI is InChI=1S/C24H29NO5/c1-17(21(26)14-9-15-29-16-19-10-5-3-6-11-19)23(27)25-18(2)22(30-24(25)28)20-12-7-4-8-13-20/h3-8,10-13,17-18,21-22,26H,9,14-16H2,1-2H3/t17-,18-,21+,22-/m1/s1. The number of ether oxygens (including phenoxy) is 2. The summed E-state index contributed by atoms with van der Waals surface area (Å²) in [6.07, 6.45) is -0.974. The fourth-order valence-corrected chi connectivity index (χ4v) is 3.64. The Balaban J connectivity index is 1.47. The molecule has 0 unspecified atom stereocenters. The van der Waals surface area contributed by atoms with Gasteiger partial charge in [0.2, 0.25) is 5.91 Å². The maximum atomic E-state index is 12.9. The van der Waals surface area contributed by atoms with E-state index in [2.05, 4.69) is 0 Å². The molecule has 1 aliphatic rings. The molecule has 0 bridgehead atoms. The number of nitrogens with zero attached hydrogens (tertiary/aromatic N) is 1. The number of hydrogen-bond acceptors (Lipinski definition) is 5. The summed E-state index contributed by atoms with van der Waals surface area (Å²) in [6.45, 7) is 4.44. The van der Waals surface area contributed by atoms with Gasteiger partial charge in [-0.25, -0.2) is 9.69 Å². The fraction of sp³-hybridized carbons (Fsp3) is 0.417. The molecule has 4 atom stereocenters. The lowest BCUT2D eigenvalue weighted by atomic mass is 9.97. The van der Waals surface area contributed by atoms with E-state index in [4.69, 9.17) is 9.47 Å². The third-order valence-electron chi connectivity index (χ3n) is 5.50. The van der Waals surface area contributed by atoms with Gasteiger partial charge in [-0.2, -0.15) is 0 Å². The van der Waals surface area contributed by atoms with Crippen LogP contribution in [-0.4, -0.2) is 40.8 Å². The van der Waals surface area contributed by atoms with E-state index < -0.39 is 36.2 Å². The summed E-state index contributed by atoms with van der Waals surface area (Å²) in [5.41, 5.74) is 1.94. The van der Waals surface area contributed by atoms with E-state index in [0.29, 0.717) is 26.1 Å². The number of carbonyl (C=O) groups is 2. The van der Waals surface area contributed by atoms with Crippen molar-refractivity contribution in [1.29, 1.82) is 0 Å². The van der Waals surface area contributed by atoms with Crippen LogP contribution in [0.15, 0.2) is 60.7 Å². The molecule has 160 valence electrons. The van der Waals surface area contributed by atoms with Gasteiger partial charge in [0.1, 0.15) is 6.10 Å². The molecule has 1 saturated heterocycles. The Morgan fingerprint density at radius 3 is 2.43 bits per heavy atom. The van der Waals surface area contributed by atoms with Crippen molar-refractivity contribution in [3.8, 4) is 0 Å². The summed E-state index contributed by atoms with van der Waals surface area (Å²) < 4.78 is 11.1. The molecule has 0 aliphatic carbocycles. The van der Waals surface area contributed by atoms with Crippen molar-refractivity contribution in [3.05, 3.63) is 71.8 Å². The van der Waals surface area contributed by atoms with Gasteiger partial charge in [-0.1, -0.05) is 67.6 Å². The first-order chi connectivity index (χ1) is 14.5. The van der Waals surface area contributed by atoms with E-state index in [0.717, 1.165) is 16.0 Å². The number of cyclic esters (lactones) is 1. The molecule has 2 aromatic carbocycles. The maximum absolute atomic E-state index is 12.9. The van der Waals surface area contributed by atoms with Gasteiger partial charge in [-0.3, -0.25) is 4.79 Å². The predicted molar refractivity (Wildman–Crippen MR) is 112 cm³/mol. The zero-order chi connectivity index (χ0) is 21.5. The van der Waals surface area contributed by atoms with Gasteiger partial charge in [0.05, 0.1) is 24.7 Å². The molecule has 1 N–H and O–H groups in total. The van der Waals surface area contributed by atoms with Crippen LogP contribution in [0.3, 0.4) is 0 Å². The Kier molecular flexibility index (Phi) is 7.60. The van der Waals surface area contributed by atoms with Gasteiger partial charge in [-0.05, 0) is 30.9 Å². The first kappa shape index (κ1) is 22.0. The van der Waals surface area contributed by atoms with Crippen molar-refractivity contribution < 1.29 is 24.2 Å². The van der Waals surface area contributed by atoms with Gasteiger partial charge >= 0.3 is 6.09 Å². The van der Waals surface area contributed by atoms with Gasteiger partial charge in [0, 0.05) is 6.61 Å². The number of carbonyl (C=O) groups excluding carboxylic acids is 2. The molecule has 0 spiro atoms. The Bertz CT molecular complexity index is 826. The summed E-state index contributed by atoms with van der Waals surface area (Å²) in [4.78, 5) is 26.4. The number of hydrogen-bond donors (Lipinski definition) is 1. The van der Waals surface area contributed by atoms with E-state index >= 15 is 0 Å². The molecule has 1 fully saturated rings. The normalized spacial score (nSPS) is 20.6. The van der Waals surface area contributed by atoms with E-state index in [1.54, 1.807) is 13.8 Å². The van der Waals surface area contributed by atoms with Crippen LogP contribution in [-0.2, 0) is 20.9 Å². The number of aliphatic hydroxyl groups excluding tert-OH is 1. The van der Waals surface area contributed by atoms with Crippen LogP contribution >= 0.6 is 0 Å². The third kappa shape index (κ3) is 5.26. The highest BCUT2D eigenvalue weighted by molar-refractivity contribution is 5.95. The van der Waals surface area contributed by atoms with E-state index in [-0.39, 0.29) is 0 Å². The van der Waals surface area contributed by atoms with Crippen LogP contribution in [0.1, 0.15) is 43.9 Å². The molecule has 0 saturated carbocycles.